The molecule has 154 valence electrons. The van der Waals surface area contributed by atoms with Crippen LogP contribution < -0.4 is 4.74 Å². The van der Waals surface area contributed by atoms with Gasteiger partial charge in [-0.3, -0.25) is 4.79 Å². The molecule has 2 nitrogen and oxygen atoms in total. The van der Waals surface area contributed by atoms with E-state index in [0.717, 1.165) is 43.6 Å². The van der Waals surface area contributed by atoms with Crippen LogP contribution in [0.25, 0.3) is 0 Å². The van der Waals surface area contributed by atoms with E-state index < -0.39 is 5.82 Å². The van der Waals surface area contributed by atoms with Gasteiger partial charge >= 0.3 is 5.97 Å². The molecule has 3 heteroatoms. The molecule has 0 N–H and O–H groups in total. The summed E-state index contributed by atoms with van der Waals surface area (Å²) in [4.78, 5) is 12.4. The Morgan fingerprint density at radius 1 is 1.03 bits per heavy atom. The molecule has 0 aliphatic heterocycles. The van der Waals surface area contributed by atoms with Gasteiger partial charge in [0.2, 0.25) is 0 Å². The number of ether oxygens (including phenoxy) is 1. The van der Waals surface area contributed by atoms with Crippen LogP contribution in [-0.4, -0.2) is 5.97 Å². The number of benzene rings is 2. The molecule has 0 amide bonds. The van der Waals surface area contributed by atoms with Gasteiger partial charge in [-0.05, 0) is 73.9 Å². The summed E-state index contributed by atoms with van der Waals surface area (Å²) >= 11 is 0. The molecule has 2 aromatic rings. The van der Waals surface area contributed by atoms with Crippen LogP contribution in [0.15, 0.2) is 42.5 Å². The lowest BCUT2D eigenvalue weighted by Gasteiger charge is -2.26. The second kappa shape index (κ2) is 10.3. The van der Waals surface area contributed by atoms with Crippen molar-refractivity contribution in [3.63, 3.8) is 0 Å². The van der Waals surface area contributed by atoms with Crippen molar-refractivity contribution in [2.75, 3.05) is 0 Å². The van der Waals surface area contributed by atoms with Crippen molar-refractivity contribution in [3.05, 3.63) is 65.0 Å². The van der Waals surface area contributed by atoms with Gasteiger partial charge in [0.05, 0.1) is 5.92 Å². The molecule has 0 heterocycles. The van der Waals surface area contributed by atoms with Gasteiger partial charge in [0.25, 0.3) is 0 Å². The highest BCUT2D eigenvalue weighted by Crippen LogP contribution is 2.32. The van der Waals surface area contributed by atoms with Gasteiger partial charge in [0.15, 0.2) is 11.6 Å². The summed E-state index contributed by atoms with van der Waals surface area (Å²) in [6, 6.07) is 12.5. The van der Waals surface area contributed by atoms with Crippen LogP contribution in [0.4, 0.5) is 4.39 Å². The summed E-state index contributed by atoms with van der Waals surface area (Å²) in [5.74, 6) is 5.74. The lowest BCUT2D eigenvalue weighted by molar-refractivity contribution is -0.140. The first-order valence-electron chi connectivity index (χ1n) is 10.7. The van der Waals surface area contributed by atoms with Gasteiger partial charge in [0.1, 0.15) is 0 Å². The van der Waals surface area contributed by atoms with E-state index in [9.17, 15) is 9.18 Å². The largest absolute Gasteiger partial charge is 0.423 e. The van der Waals surface area contributed by atoms with Gasteiger partial charge < -0.3 is 4.74 Å². The minimum absolute atomic E-state index is 0. The van der Waals surface area contributed by atoms with Crippen LogP contribution >= 0.6 is 0 Å². The van der Waals surface area contributed by atoms with Crippen LogP contribution in [0.5, 0.6) is 5.75 Å². The molecule has 0 aromatic heterocycles. The summed E-state index contributed by atoms with van der Waals surface area (Å²) in [6.45, 7) is 4.30. The van der Waals surface area contributed by atoms with Gasteiger partial charge in [-0.1, -0.05) is 50.7 Å². The molecule has 0 unspecified atom stereocenters. The second-order valence-electron chi connectivity index (χ2n) is 7.87. The maximum absolute atomic E-state index is 14.4. The predicted molar refractivity (Wildman–Crippen MR) is 116 cm³/mol. The fraction of sp³-hybridized carbons (Fsp3) is 0.423. The number of carbonyl (C=O) groups is 1. The molecule has 1 fully saturated rings. The molecule has 0 radical (unpaired) electrons. The van der Waals surface area contributed by atoms with E-state index in [4.69, 9.17) is 4.74 Å². The van der Waals surface area contributed by atoms with Gasteiger partial charge in [0, 0.05) is 12.6 Å². The van der Waals surface area contributed by atoms with E-state index in [1.807, 2.05) is 24.3 Å². The van der Waals surface area contributed by atoms with E-state index >= 15 is 0 Å². The Morgan fingerprint density at radius 3 is 2.31 bits per heavy atom. The molecule has 1 aliphatic carbocycles. The summed E-state index contributed by atoms with van der Waals surface area (Å²) in [5, 5.41) is 0. The van der Waals surface area contributed by atoms with Crippen molar-refractivity contribution in [1.29, 1.82) is 0 Å². The molecule has 0 bridgehead atoms. The third-order valence-electron chi connectivity index (χ3n) is 5.73. The highest BCUT2D eigenvalue weighted by Gasteiger charge is 2.27. The molecule has 29 heavy (non-hydrogen) atoms. The molecule has 0 saturated heterocycles. The van der Waals surface area contributed by atoms with Gasteiger partial charge in [-0.15, -0.1) is 0 Å². The zero-order valence-electron chi connectivity index (χ0n) is 17.3. The number of halogens is 1. The minimum Gasteiger partial charge on any atom is -0.423 e. The maximum atomic E-state index is 14.4. The van der Waals surface area contributed by atoms with E-state index in [0.29, 0.717) is 5.56 Å². The number of rotatable bonds is 5. The van der Waals surface area contributed by atoms with Crippen LogP contribution in [0.1, 0.15) is 70.5 Å². The van der Waals surface area contributed by atoms with Gasteiger partial charge in [-0.2, -0.15) is 0 Å². The third-order valence-corrected chi connectivity index (χ3v) is 5.73. The quantitative estimate of drug-likeness (QED) is 0.327. The Bertz CT molecular complexity index is 887. The van der Waals surface area contributed by atoms with Crippen molar-refractivity contribution in [2.24, 2.45) is 11.8 Å². The number of hydrogen-bond donors (Lipinski definition) is 0. The number of aryl methyl sites for hydroxylation is 1. The zero-order valence-corrected chi connectivity index (χ0v) is 17.3. The van der Waals surface area contributed by atoms with Gasteiger partial charge in [-0.25, -0.2) is 4.39 Å². The molecule has 0 spiro atoms. The fourth-order valence-corrected chi connectivity index (χ4v) is 3.92. The average molecular weight is 395 g/mol. The second-order valence-corrected chi connectivity index (χ2v) is 7.87. The van der Waals surface area contributed by atoms with Crippen LogP contribution in [0, 0.1) is 29.5 Å². The standard InChI is InChI=1S/C26H29FO2.H2/c1-3-5-20-12-15-23(16-13-20)26(28)29-25-17-14-22(18-24(25)27)11-10-21-8-6-19(4-2)7-9-21;/h6-9,14,17-18,20,23H,3-5,12-13,15-16H2,1-2H3;1H. The molecule has 2 aromatic carbocycles. The average Bonchev–Trinajstić information content (AvgIpc) is 2.75. The lowest BCUT2D eigenvalue weighted by Crippen LogP contribution is -2.26. The number of hydrogen-bond acceptors (Lipinski definition) is 2. The number of carbonyl (C=O) groups excluding carboxylic acids is 1. The lowest BCUT2D eigenvalue weighted by atomic mass is 9.80. The summed E-state index contributed by atoms with van der Waals surface area (Å²) in [7, 11) is 0. The third kappa shape index (κ3) is 5.94. The monoisotopic (exact) mass is 394 g/mol. The predicted octanol–water partition coefficient (Wildman–Crippen LogP) is 6.55. The van der Waals surface area contributed by atoms with Crippen molar-refractivity contribution < 1.29 is 15.3 Å². The summed E-state index contributed by atoms with van der Waals surface area (Å²) in [5.41, 5.74) is 2.70. The smallest absolute Gasteiger partial charge is 0.314 e. The molecule has 0 atom stereocenters. The van der Waals surface area contributed by atoms with E-state index in [1.54, 1.807) is 6.07 Å². The van der Waals surface area contributed by atoms with Crippen molar-refractivity contribution in [2.45, 2.75) is 58.8 Å². The SMILES string of the molecule is CCCC1CCC(C(=O)Oc2ccc(C#Cc3ccc(CC)cc3)cc2F)CC1.[HH]. The highest BCUT2D eigenvalue weighted by molar-refractivity contribution is 5.75. The van der Waals surface area contributed by atoms with Crippen molar-refractivity contribution >= 4 is 5.97 Å². The Labute approximate surface area is 175 Å². The molecular weight excluding hydrogens is 363 g/mol. The van der Waals surface area contributed by atoms with Crippen molar-refractivity contribution in [1.82, 2.24) is 0 Å². The minimum atomic E-state index is -0.550. The van der Waals surface area contributed by atoms with E-state index in [2.05, 4.69) is 25.7 Å². The maximum Gasteiger partial charge on any atom is 0.314 e. The zero-order chi connectivity index (χ0) is 20.6. The Kier molecular flexibility index (Phi) is 7.47. The Hall–Kier alpha value is -2.60. The first kappa shape index (κ1) is 21.1. The molecule has 1 aliphatic rings. The van der Waals surface area contributed by atoms with E-state index in [1.165, 1.54) is 30.5 Å². The number of esters is 1. The normalized spacial score (nSPS) is 18.6. The molecule has 1 saturated carbocycles. The Morgan fingerprint density at radius 2 is 1.69 bits per heavy atom. The summed E-state index contributed by atoms with van der Waals surface area (Å²) < 4.78 is 19.8. The topological polar surface area (TPSA) is 26.3 Å². The van der Waals surface area contributed by atoms with Crippen LogP contribution in [0.3, 0.4) is 0 Å². The fourth-order valence-electron chi connectivity index (χ4n) is 3.92. The molecular formula is C26H31FO2. The van der Waals surface area contributed by atoms with Crippen LogP contribution in [0.2, 0.25) is 0 Å². The van der Waals surface area contributed by atoms with E-state index in [-0.39, 0.29) is 19.1 Å². The summed E-state index contributed by atoms with van der Waals surface area (Å²) in [6.07, 6.45) is 7.19. The molecule has 3 rings (SSSR count). The first-order chi connectivity index (χ1) is 14.1. The highest BCUT2D eigenvalue weighted by atomic mass is 19.1. The van der Waals surface area contributed by atoms with Crippen LogP contribution in [-0.2, 0) is 11.2 Å². The Balaban J connectivity index is 0.00000320. The first-order valence-corrected chi connectivity index (χ1v) is 10.7. The van der Waals surface area contributed by atoms with Crippen molar-refractivity contribution in [3.8, 4) is 17.6 Å².